The highest BCUT2D eigenvalue weighted by atomic mass is 127. The molecule has 0 radical (unpaired) electrons. The number of alkyl carbamates (subject to hydrolysis) is 1. The number of nitrogens with zero attached hydrogens (tertiary/aromatic N) is 3. The Labute approximate surface area is 197 Å². The molecule has 1 fully saturated rings. The zero-order chi connectivity index (χ0) is 21.3. The third-order valence-corrected chi connectivity index (χ3v) is 4.44. The average molecular weight is 533 g/mol. The first-order valence-corrected chi connectivity index (χ1v) is 10.3. The maximum absolute atomic E-state index is 12.0. The molecule has 170 valence electrons. The summed E-state index contributed by atoms with van der Waals surface area (Å²) in [4.78, 5) is 22.9. The number of hydrogen-bond acceptors (Lipinski definition) is 5. The summed E-state index contributed by atoms with van der Waals surface area (Å²) >= 11 is 0. The van der Waals surface area contributed by atoms with Gasteiger partial charge in [-0.3, -0.25) is 4.99 Å². The zero-order valence-electron chi connectivity index (χ0n) is 18.7. The summed E-state index contributed by atoms with van der Waals surface area (Å²) in [6, 6.07) is 3.95. The van der Waals surface area contributed by atoms with Gasteiger partial charge in [0.1, 0.15) is 5.60 Å². The highest BCUT2D eigenvalue weighted by Gasteiger charge is 2.27. The number of nitrogens with one attached hydrogen (secondary N) is 2. The fourth-order valence-electron chi connectivity index (χ4n) is 3.05. The molecule has 9 heteroatoms. The summed E-state index contributed by atoms with van der Waals surface area (Å²) in [5, 5.41) is 6.32. The lowest BCUT2D eigenvalue weighted by molar-refractivity contribution is 0.0507. The second-order valence-electron chi connectivity index (χ2n) is 8.15. The molecule has 1 saturated heterocycles. The number of halogens is 1. The molecule has 1 amide bonds. The molecule has 0 aromatic carbocycles. The van der Waals surface area contributed by atoms with Crippen molar-refractivity contribution in [1.29, 1.82) is 0 Å². The van der Waals surface area contributed by atoms with Gasteiger partial charge in [-0.15, -0.1) is 24.0 Å². The number of likely N-dealkylation sites (tertiary alicyclic amines) is 1. The molecule has 0 aliphatic carbocycles. The number of aliphatic imine (C=N–C) groups is 1. The second-order valence-corrected chi connectivity index (χ2v) is 8.15. The van der Waals surface area contributed by atoms with Gasteiger partial charge >= 0.3 is 6.09 Å². The molecular formula is C21H36IN5O3. The number of unbranched alkanes of at least 4 members (excludes halogenated alkanes) is 1. The molecule has 1 aliphatic rings. The molecule has 1 unspecified atom stereocenters. The highest BCUT2D eigenvalue weighted by Crippen LogP contribution is 2.16. The molecule has 1 aliphatic heterocycles. The molecule has 0 bridgehead atoms. The lowest BCUT2D eigenvalue weighted by Gasteiger charge is -2.23. The lowest BCUT2D eigenvalue weighted by Crippen LogP contribution is -2.44. The van der Waals surface area contributed by atoms with Gasteiger partial charge in [0.15, 0.2) is 5.96 Å². The number of amides is 1. The van der Waals surface area contributed by atoms with E-state index in [9.17, 15) is 4.79 Å². The quantitative estimate of drug-likeness (QED) is 0.241. The van der Waals surface area contributed by atoms with Crippen LogP contribution in [0.5, 0.6) is 5.88 Å². The molecule has 0 spiro atoms. The average Bonchev–Trinajstić information content (AvgIpc) is 3.10. The van der Waals surface area contributed by atoms with Gasteiger partial charge in [0.25, 0.3) is 0 Å². The molecule has 2 heterocycles. The van der Waals surface area contributed by atoms with E-state index in [-0.39, 0.29) is 36.1 Å². The van der Waals surface area contributed by atoms with Gasteiger partial charge in [0, 0.05) is 38.4 Å². The number of rotatable bonds is 7. The van der Waals surface area contributed by atoms with Crippen molar-refractivity contribution < 1.29 is 14.3 Å². The van der Waals surface area contributed by atoms with E-state index in [1.54, 1.807) is 13.2 Å². The third kappa shape index (κ3) is 8.93. The number of carbonyl (C=O) groups is 1. The Bertz CT molecular complexity index is 693. The van der Waals surface area contributed by atoms with Gasteiger partial charge in [-0.1, -0.05) is 19.4 Å². The van der Waals surface area contributed by atoms with E-state index in [0.29, 0.717) is 25.6 Å². The van der Waals surface area contributed by atoms with Gasteiger partial charge in [-0.05, 0) is 39.7 Å². The van der Waals surface area contributed by atoms with Crippen LogP contribution in [0.15, 0.2) is 23.3 Å². The first-order chi connectivity index (χ1) is 13.8. The number of pyridine rings is 1. The Morgan fingerprint density at radius 1 is 1.40 bits per heavy atom. The molecule has 2 N–H and O–H groups in total. The fourth-order valence-corrected chi connectivity index (χ4v) is 3.05. The normalized spacial score (nSPS) is 16.6. The Morgan fingerprint density at radius 2 is 2.17 bits per heavy atom. The predicted octanol–water partition coefficient (Wildman–Crippen LogP) is 3.55. The number of guanidine groups is 1. The summed E-state index contributed by atoms with van der Waals surface area (Å²) in [6.45, 7) is 10.4. The van der Waals surface area contributed by atoms with Crippen LogP contribution in [0, 0.1) is 0 Å². The number of carbonyl (C=O) groups excluding carboxylic acids is 1. The van der Waals surface area contributed by atoms with Crippen molar-refractivity contribution in [3.8, 4) is 5.88 Å². The van der Waals surface area contributed by atoms with Crippen LogP contribution in [-0.2, 0) is 11.3 Å². The standard InChI is InChI=1S/C21H35N5O3.HI/c1-6-7-13-28-18-16(9-8-11-23-18)14-24-19(22-5)26-12-10-17(15-26)25-20(27)29-21(2,3)4;/h8-9,11,17H,6-7,10,12-15H2,1-5H3,(H,22,24)(H,25,27);1H. The van der Waals surface area contributed by atoms with Crippen molar-refractivity contribution in [3.05, 3.63) is 23.9 Å². The Balaban J connectivity index is 0.00000450. The van der Waals surface area contributed by atoms with Crippen molar-refractivity contribution in [2.24, 2.45) is 4.99 Å². The van der Waals surface area contributed by atoms with Gasteiger partial charge in [0.05, 0.1) is 12.6 Å². The number of aromatic nitrogens is 1. The predicted molar refractivity (Wildman–Crippen MR) is 130 cm³/mol. The summed E-state index contributed by atoms with van der Waals surface area (Å²) in [5.41, 5.74) is 0.494. The minimum atomic E-state index is -0.499. The van der Waals surface area contributed by atoms with Crippen LogP contribution >= 0.6 is 24.0 Å². The van der Waals surface area contributed by atoms with E-state index in [2.05, 4.69) is 32.4 Å². The third-order valence-electron chi connectivity index (χ3n) is 4.44. The minimum absolute atomic E-state index is 0. The van der Waals surface area contributed by atoms with Crippen LogP contribution in [0.1, 0.15) is 52.5 Å². The van der Waals surface area contributed by atoms with Crippen molar-refractivity contribution in [2.45, 2.75) is 65.1 Å². The van der Waals surface area contributed by atoms with E-state index >= 15 is 0 Å². The monoisotopic (exact) mass is 533 g/mol. The van der Waals surface area contributed by atoms with E-state index in [0.717, 1.165) is 37.3 Å². The van der Waals surface area contributed by atoms with Crippen LogP contribution < -0.4 is 15.4 Å². The molecule has 1 atom stereocenters. The van der Waals surface area contributed by atoms with Crippen molar-refractivity contribution in [3.63, 3.8) is 0 Å². The Kier molecular flexibility index (Phi) is 11.2. The van der Waals surface area contributed by atoms with Crippen LogP contribution in [0.25, 0.3) is 0 Å². The van der Waals surface area contributed by atoms with E-state index < -0.39 is 5.60 Å². The maximum Gasteiger partial charge on any atom is 0.407 e. The van der Waals surface area contributed by atoms with Crippen LogP contribution in [0.4, 0.5) is 4.79 Å². The van der Waals surface area contributed by atoms with E-state index in [1.807, 2.05) is 32.9 Å². The molecule has 8 nitrogen and oxygen atoms in total. The maximum atomic E-state index is 12.0. The van der Waals surface area contributed by atoms with Gasteiger partial charge in [0.2, 0.25) is 5.88 Å². The van der Waals surface area contributed by atoms with Gasteiger partial charge < -0.3 is 25.0 Å². The van der Waals surface area contributed by atoms with Crippen molar-refractivity contribution in [1.82, 2.24) is 20.5 Å². The summed E-state index contributed by atoms with van der Waals surface area (Å²) < 4.78 is 11.1. The largest absolute Gasteiger partial charge is 0.477 e. The van der Waals surface area contributed by atoms with Crippen LogP contribution in [0.2, 0.25) is 0 Å². The first-order valence-electron chi connectivity index (χ1n) is 10.3. The molecule has 0 saturated carbocycles. The van der Waals surface area contributed by atoms with Crippen LogP contribution in [-0.4, -0.2) is 60.3 Å². The smallest absolute Gasteiger partial charge is 0.407 e. The molecule has 30 heavy (non-hydrogen) atoms. The van der Waals surface area contributed by atoms with Gasteiger partial charge in [-0.25, -0.2) is 9.78 Å². The topological polar surface area (TPSA) is 88.1 Å². The Morgan fingerprint density at radius 3 is 2.83 bits per heavy atom. The molecule has 1 aromatic rings. The fraction of sp³-hybridized carbons (Fsp3) is 0.667. The van der Waals surface area contributed by atoms with Crippen LogP contribution in [0.3, 0.4) is 0 Å². The Hall–Kier alpha value is -1.78. The first kappa shape index (κ1) is 26.3. The summed E-state index contributed by atoms with van der Waals surface area (Å²) in [6.07, 6.45) is 4.30. The summed E-state index contributed by atoms with van der Waals surface area (Å²) in [7, 11) is 1.76. The van der Waals surface area contributed by atoms with Gasteiger partial charge in [-0.2, -0.15) is 0 Å². The second kappa shape index (κ2) is 12.8. The van der Waals surface area contributed by atoms with E-state index in [4.69, 9.17) is 9.47 Å². The van der Waals surface area contributed by atoms with E-state index in [1.165, 1.54) is 0 Å². The SMILES string of the molecule is CCCCOc1ncccc1CNC(=NC)N1CCC(NC(=O)OC(C)(C)C)C1.I. The molecule has 2 rings (SSSR count). The number of ether oxygens (including phenoxy) is 2. The molecular weight excluding hydrogens is 497 g/mol. The highest BCUT2D eigenvalue weighted by molar-refractivity contribution is 14.0. The summed E-state index contributed by atoms with van der Waals surface area (Å²) in [5.74, 6) is 1.46. The minimum Gasteiger partial charge on any atom is -0.477 e. The lowest BCUT2D eigenvalue weighted by atomic mass is 10.2. The molecule has 1 aromatic heterocycles. The van der Waals surface area contributed by atoms with Crippen molar-refractivity contribution >= 4 is 36.0 Å². The van der Waals surface area contributed by atoms with Crippen molar-refractivity contribution in [2.75, 3.05) is 26.7 Å². The zero-order valence-corrected chi connectivity index (χ0v) is 21.1. The number of hydrogen-bond donors (Lipinski definition) is 2.